The second-order valence-corrected chi connectivity index (χ2v) is 5.19. The van der Waals surface area contributed by atoms with Crippen molar-refractivity contribution in [1.82, 2.24) is 5.32 Å². The number of halogens is 1. The molecule has 1 rings (SSSR count). The lowest BCUT2D eigenvalue weighted by Gasteiger charge is -2.18. The van der Waals surface area contributed by atoms with Gasteiger partial charge in [-0.15, -0.1) is 0 Å². The average molecular weight is 300 g/mol. The minimum Gasteiger partial charge on any atom is -0.493 e. The number of ether oxygens (including phenoxy) is 2. The summed E-state index contributed by atoms with van der Waals surface area (Å²) in [5, 5.41) is 4.21. The first-order chi connectivity index (χ1) is 9.69. The predicted octanol–water partition coefficient (Wildman–Crippen LogP) is 4.21. The van der Waals surface area contributed by atoms with Crippen LogP contribution in [0.4, 0.5) is 0 Å². The standard InChI is InChI=1S/C16H26ClNO2/c1-4-9-18-13(3)15-12-14(17)7-8-16(15)20-11-6-10-19-5-2/h7-8,12-13,18H,4-6,9-11H2,1-3H3. The van der Waals surface area contributed by atoms with Crippen LogP contribution in [0.1, 0.15) is 45.2 Å². The van der Waals surface area contributed by atoms with E-state index in [1.165, 1.54) is 0 Å². The van der Waals surface area contributed by atoms with Crippen molar-refractivity contribution in [2.24, 2.45) is 0 Å². The second-order valence-electron chi connectivity index (χ2n) is 4.76. The third kappa shape index (κ3) is 6.12. The Morgan fingerprint density at radius 3 is 2.75 bits per heavy atom. The van der Waals surface area contributed by atoms with E-state index < -0.39 is 0 Å². The molecule has 0 aromatic heterocycles. The van der Waals surface area contributed by atoms with Crippen LogP contribution in [0, 0.1) is 0 Å². The van der Waals surface area contributed by atoms with Gasteiger partial charge in [-0.25, -0.2) is 0 Å². The highest BCUT2D eigenvalue weighted by Gasteiger charge is 2.11. The van der Waals surface area contributed by atoms with Gasteiger partial charge in [0.1, 0.15) is 5.75 Å². The summed E-state index contributed by atoms with van der Waals surface area (Å²) < 4.78 is 11.2. The van der Waals surface area contributed by atoms with Crippen molar-refractivity contribution in [3.8, 4) is 5.75 Å². The number of hydrogen-bond acceptors (Lipinski definition) is 3. The quantitative estimate of drug-likeness (QED) is 0.657. The molecule has 0 heterocycles. The van der Waals surface area contributed by atoms with Gasteiger partial charge < -0.3 is 14.8 Å². The number of rotatable bonds is 10. The zero-order valence-corrected chi connectivity index (χ0v) is 13.5. The summed E-state index contributed by atoms with van der Waals surface area (Å²) in [6.07, 6.45) is 2.00. The lowest BCUT2D eigenvalue weighted by Crippen LogP contribution is -2.20. The van der Waals surface area contributed by atoms with Gasteiger partial charge in [0.2, 0.25) is 0 Å². The van der Waals surface area contributed by atoms with Crippen LogP contribution in [-0.4, -0.2) is 26.4 Å². The van der Waals surface area contributed by atoms with Gasteiger partial charge in [-0.05, 0) is 45.0 Å². The fourth-order valence-electron chi connectivity index (χ4n) is 1.95. The van der Waals surface area contributed by atoms with Crippen LogP contribution in [0.2, 0.25) is 5.02 Å². The largest absolute Gasteiger partial charge is 0.493 e. The highest BCUT2D eigenvalue weighted by Crippen LogP contribution is 2.28. The average Bonchev–Trinajstić information content (AvgIpc) is 2.45. The Morgan fingerprint density at radius 1 is 1.25 bits per heavy atom. The predicted molar refractivity (Wildman–Crippen MR) is 84.8 cm³/mol. The van der Waals surface area contributed by atoms with Gasteiger partial charge in [0.05, 0.1) is 6.61 Å². The lowest BCUT2D eigenvalue weighted by molar-refractivity contribution is 0.130. The highest BCUT2D eigenvalue weighted by molar-refractivity contribution is 6.30. The first kappa shape index (κ1) is 17.3. The molecule has 0 saturated carbocycles. The molecule has 0 aliphatic heterocycles. The van der Waals surface area contributed by atoms with Gasteiger partial charge in [0.15, 0.2) is 0 Å². The van der Waals surface area contributed by atoms with Crippen LogP contribution in [-0.2, 0) is 4.74 Å². The fraction of sp³-hybridized carbons (Fsp3) is 0.625. The monoisotopic (exact) mass is 299 g/mol. The maximum Gasteiger partial charge on any atom is 0.124 e. The van der Waals surface area contributed by atoms with E-state index in [0.29, 0.717) is 6.61 Å². The molecular formula is C16H26ClNO2. The molecular weight excluding hydrogens is 274 g/mol. The van der Waals surface area contributed by atoms with Crippen molar-refractivity contribution < 1.29 is 9.47 Å². The topological polar surface area (TPSA) is 30.5 Å². The van der Waals surface area contributed by atoms with Crippen LogP contribution in [0.25, 0.3) is 0 Å². The molecule has 0 aliphatic carbocycles. The highest BCUT2D eigenvalue weighted by atomic mass is 35.5. The summed E-state index contributed by atoms with van der Waals surface area (Å²) in [5.74, 6) is 0.905. The van der Waals surface area contributed by atoms with Crippen molar-refractivity contribution in [1.29, 1.82) is 0 Å². The van der Waals surface area contributed by atoms with Crippen LogP contribution in [0.3, 0.4) is 0 Å². The summed E-state index contributed by atoms with van der Waals surface area (Å²) >= 11 is 6.09. The molecule has 1 unspecified atom stereocenters. The third-order valence-corrected chi connectivity index (χ3v) is 3.27. The van der Waals surface area contributed by atoms with E-state index in [-0.39, 0.29) is 6.04 Å². The Bertz CT molecular complexity index is 385. The molecule has 0 spiro atoms. The van der Waals surface area contributed by atoms with E-state index in [0.717, 1.165) is 48.9 Å². The molecule has 0 aliphatic rings. The van der Waals surface area contributed by atoms with Crippen molar-refractivity contribution in [2.75, 3.05) is 26.4 Å². The van der Waals surface area contributed by atoms with Gasteiger partial charge in [0.25, 0.3) is 0 Å². The molecule has 0 radical (unpaired) electrons. The Kier molecular flexibility index (Phi) is 8.67. The van der Waals surface area contributed by atoms with Gasteiger partial charge in [0, 0.05) is 36.3 Å². The van der Waals surface area contributed by atoms with Crippen molar-refractivity contribution in [3.05, 3.63) is 28.8 Å². The number of benzene rings is 1. The maximum absolute atomic E-state index is 6.09. The molecule has 1 aromatic rings. The molecule has 0 fully saturated rings. The van der Waals surface area contributed by atoms with Gasteiger partial charge >= 0.3 is 0 Å². The van der Waals surface area contributed by atoms with E-state index in [1.807, 2.05) is 25.1 Å². The Hall–Kier alpha value is -0.770. The summed E-state index contributed by atoms with van der Waals surface area (Å²) in [5.41, 5.74) is 1.11. The molecule has 114 valence electrons. The molecule has 3 nitrogen and oxygen atoms in total. The number of nitrogens with one attached hydrogen (secondary N) is 1. The lowest BCUT2D eigenvalue weighted by atomic mass is 10.1. The van der Waals surface area contributed by atoms with Gasteiger partial charge in [-0.2, -0.15) is 0 Å². The van der Waals surface area contributed by atoms with E-state index in [9.17, 15) is 0 Å². The molecule has 4 heteroatoms. The van der Waals surface area contributed by atoms with Crippen LogP contribution >= 0.6 is 11.6 Å². The Morgan fingerprint density at radius 2 is 2.05 bits per heavy atom. The first-order valence-corrected chi connectivity index (χ1v) is 7.80. The molecule has 1 aromatic carbocycles. The van der Waals surface area contributed by atoms with Crippen molar-refractivity contribution in [2.45, 2.75) is 39.7 Å². The number of hydrogen-bond donors (Lipinski definition) is 1. The van der Waals surface area contributed by atoms with Crippen LogP contribution < -0.4 is 10.1 Å². The summed E-state index contributed by atoms with van der Waals surface area (Å²) in [6.45, 7) is 9.43. The SMILES string of the molecule is CCCNC(C)c1cc(Cl)ccc1OCCCOCC. The first-order valence-electron chi connectivity index (χ1n) is 7.42. The van der Waals surface area contributed by atoms with Crippen molar-refractivity contribution in [3.63, 3.8) is 0 Å². The van der Waals surface area contributed by atoms with E-state index >= 15 is 0 Å². The van der Waals surface area contributed by atoms with E-state index in [2.05, 4.69) is 19.2 Å². The molecule has 1 atom stereocenters. The minimum absolute atomic E-state index is 0.232. The molecule has 0 saturated heterocycles. The Labute approximate surface area is 127 Å². The van der Waals surface area contributed by atoms with Crippen molar-refractivity contribution >= 4 is 11.6 Å². The van der Waals surface area contributed by atoms with E-state index in [1.54, 1.807) is 0 Å². The zero-order chi connectivity index (χ0) is 14.8. The summed E-state index contributed by atoms with van der Waals surface area (Å²) in [6, 6.07) is 6.03. The smallest absolute Gasteiger partial charge is 0.124 e. The molecule has 20 heavy (non-hydrogen) atoms. The van der Waals surface area contributed by atoms with Gasteiger partial charge in [-0.3, -0.25) is 0 Å². The fourth-order valence-corrected chi connectivity index (χ4v) is 2.13. The van der Waals surface area contributed by atoms with E-state index in [4.69, 9.17) is 21.1 Å². The maximum atomic E-state index is 6.09. The molecule has 1 N–H and O–H groups in total. The normalized spacial score (nSPS) is 12.4. The third-order valence-electron chi connectivity index (χ3n) is 3.03. The van der Waals surface area contributed by atoms with Crippen LogP contribution in [0.15, 0.2) is 18.2 Å². The second kappa shape index (κ2) is 10.0. The Balaban J connectivity index is 2.59. The van der Waals surface area contributed by atoms with Gasteiger partial charge in [-0.1, -0.05) is 18.5 Å². The zero-order valence-electron chi connectivity index (χ0n) is 12.7. The minimum atomic E-state index is 0.232. The molecule has 0 bridgehead atoms. The molecule has 0 amide bonds. The summed E-state index contributed by atoms with van der Waals surface area (Å²) in [4.78, 5) is 0. The summed E-state index contributed by atoms with van der Waals surface area (Å²) in [7, 11) is 0. The van der Waals surface area contributed by atoms with Crippen LogP contribution in [0.5, 0.6) is 5.75 Å².